The third kappa shape index (κ3) is 3.12. The molecular formula is C14H25N5O. The molecule has 2 atom stereocenters. The van der Waals surface area contributed by atoms with Crippen molar-refractivity contribution >= 4 is 5.96 Å². The van der Waals surface area contributed by atoms with E-state index < -0.39 is 0 Å². The van der Waals surface area contributed by atoms with Gasteiger partial charge < -0.3 is 15.4 Å². The van der Waals surface area contributed by atoms with Crippen LogP contribution >= 0.6 is 0 Å². The van der Waals surface area contributed by atoms with Gasteiger partial charge in [0.25, 0.3) is 0 Å². The van der Waals surface area contributed by atoms with Crippen molar-refractivity contribution in [3.05, 3.63) is 18.5 Å². The number of rotatable bonds is 5. The molecule has 6 heteroatoms. The quantitative estimate of drug-likeness (QED) is 0.620. The Bertz CT molecular complexity index is 440. The second-order valence-corrected chi connectivity index (χ2v) is 5.75. The Hall–Kier alpha value is -1.56. The zero-order valence-corrected chi connectivity index (χ0v) is 12.8. The minimum Gasteiger partial charge on any atom is -0.381 e. The maximum Gasteiger partial charge on any atom is 0.191 e. The number of hydrogen-bond acceptors (Lipinski definition) is 3. The van der Waals surface area contributed by atoms with Crippen LogP contribution in [0.5, 0.6) is 0 Å². The summed E-state index contributed by atoms with van der Waals surface area (Å²) in [5, 5.41) is 11.0. The summed E-state index contributed by atoms with van der Waals surface area (Å²) in [6, 6.07) is 2.32. The monoisotopic (exact) mass is 279 g/mol. The lowest BCUT2D eigenvalue weighted by molar-refractivity contribution is -0.0922. The van der Waals surface area contributed by atoms with Crippen molar-refractivity contribution in [2.24, 2.45) is 10.4 Å². The Balaban J connectivity index is 1.76. The molecule has 0 saturated heterocycles. The molecule has 0 amide bonds. The van der Waals surface area contributed by atoms with Crippen molar-refractivity contribution in [2.45, 2.75) is 39.0 Å². The normalized spacial score (nSPS) is 25.1. The van der Waals surface area contributed by atoms with Crippen LogP contribution in [0, 0.1) is 5.41 Å². The number of guanidine groups is 1. The minimum atomic E-state index is 0.133. The van der Waals surface area contributed by atoms with E-state index >= 15 is 0 Å². The molecule has 0 radical (unpaired) electrons. The predicted molar refractivity (Wildman–Crippen MR) is 79.7 cm³/mol. The van der Waals surface area contributed by atoms with Crippen LogP contribution in [0.1, 0.15) is 20.3 Å². The Labute approximate surface area is 120 Å². The fourth-order valence-electron chi connectivity index (χ4n) is 2.61. The summed E-state index contributed by atoms with van der Waals surface area (Å²) < 4.78 is 7.36. The number of nitrogens with zero attached hydrogens (tertiary/aromatic N) is 3. The van der Waals surface area contributed by atoms with Gasteiger partial charge in [-0.15, -0.1) is 0 Å². The molecule has 1 aliphatic rings. The van der Waals surface area contributed by atoms with Crippen molar-refractivity contribution in [3.63, 3.8) is 0 Å². The van der Waals surface area contributed by atoms with Gasteiger partial charge in [0.15, 0.2) is 5.96 Å². The number of methoxy groups -OCH3 is 1. The molecule has 1 aliphatic carbocycles. The van der Waals surface area contributed by atoms with Crippen LogP contribution in [0.4, 0.5) is 0 Å². The maximum absolute atomic E-state index is 5.47. The van der Waals surface area contributed by atoms with Gasteiger partial charge in [-0.25, -0.2) is 0 Å². The molecule has 112 valence electrons. The van der Waals surface area contributed by atoms with Crippen LogP contribution in [-0.4, -0.2) is 48.6 Å². The van der Waals surface area contributed by atoms with Crippen molar-refractivity contribution in [1.29, 1.82) is 0 Å². The molecule has 0 spiro atoms. The molecule has 20 heavy (non-hydrogen) atoms. The SMILES string of the molecule is CN=C(NCCn1cccn1)NC1CC(OC)C1(C)C. The van der Waals surface area contributed by atoms with Gasteiger partial charge in [-0.05, 0) is 12.5 Å². The number of aliphatic imine (C=N–C) groups is 1. The molecular weight excluding hydrogens is 254 g/mol. The third-order valence-electron chi connectivity index (χ3n) is 4.19. The summed E-state index contributed by atoms with van der Waals surface area (Å²) in [6.45, 7) is 6.06. The lowest BCUT2D eigenvalue weighted by Crippen LogP contribution is -2.63. The van der Waals surface area contributed by atoms with E-state index in [0.717, 1.165) is 25.5 Å². The first-order valence-corrected chi connectivity index (χ1v) is 7.05. The summed E-state index contributed by atoms with van der Waals surface area (Å²) in [5.74, 6) is 0.838. The lowest BCUT2D eigenvalue weighted by atomic mass is 9.64. The zero-order chi connectivity index (χ0) is 14.6. The van der Waals surface area contributed by atoms with Gasteiger partial charge in [-0.3, -0.25) is 9.67 Å². The van der Waals surface area contributed by atoms with Crippen LogP contribution in [0.15, 0.2) is 23.5 Å². The molecule has 0 bridgehead atoms. The van der Waals surface area contributed by atoms with E-state index in [9.17, 15) is 0 Å². The van der Waals surface area contributed by atoms with Gasteiger partial charge in [0, 0.05) is 44.6 Å². The second kappa shape index (κ2) is 6.26. The molecule has 2 N–H and O–H groups in total. The predicted octanol–water partition coefficient (Wildman–Crippen LogP) is 0.862. The summed E-state index contributed by atoms with van der Waals surface area (Å²) in [7, 11) is 3.57. The Kier molecular flexibility index (Phi) is 4.65. The highest BCUT2D eigenvalue weighted by Crippen LogP contribution is 2.42. The molecule has 1 heterocycles. The van der Waals surface area contributed by atoms with Gasteiger partial charge in [-0.2, -0.15) is 5.10 Å². The average Bonchev–Trinajstić information content (AvgIpc) is 2.94. The summed E-state index contributed by atoms with van der Waals surface area (Å²) in [5.41, 5.74) is 0.133. The van der Waals surface area contributed by atoms with Gasteiger partial charge >= 0.3 is 0 Å². The molecule has 1 fully saturated rings. The summed E-state index contributed by atoms with van der Waals surface area (Å²) in [4.78, 5) is 4.27. The van der Waals surface area contributed by atoms with E-state index in [1.165, 1.54) is 0 Å². The highest BCUT2D eigenvalue weighted by Gasteiger charge is 2.48. The molecule has 1 aromatic heterocycles. The van der Waals surface area contributed by atoms with E-state index in [1.807, 2.05) is 16.9 Å². The smallest absolute Gasteiger partial charge is 0.191 e. The third-order valence-corrected chi connectivity index (χ3v) is 4.19. The Morgan fingerprint density at radius 3 is 2.90 bits per heavy atom. The molecule has 0 aliphatic heterocycles. The average molecular weight is 279 g/mol. The fourth-order valence-corrected chi connectivity index (χ4v) is 2.61. The molecule has 0 aromatic carbocycles. The van der Waals surface area contributed by atoms with Crippen molar-refractivity contribution < 1.29 is 4.74 Å². The Morgan fingerprint density at radius 2 is 2.35 bits per heavy atom. The highest BCUT2D eigenvalue weighted by atomic mass is 16.5. The molecule has 2 unspecified atom stereocenters. The van der Waals surface area contributed by atoms with Crippen molar-refractivity contribution in [3.8, 4) is 0 Å². The molecule has 1 saturated carbocycles. The van der Waals surface area contributed by atoms with Gasteiger partial charge in [-0.1, -0.05) is 13.8 Å². The number of ether oxygens (including phenoxy) is 1. The fraction of sp³-hybridized carbons (Fsp3) is 0.714. The summed E-state index contributed by atoms with van der Waals surface area (Å²) in [6.07, 6.45) is 5.08. The number of aromatic nitrogens is 2. The largest absolute Gasteiger partial charge is 0.381 e. The van der Waals surface area contributed by atoms with Gasteiger partial charge in [0.1, 0.15) is 0 Å². The highest BCUT2D eigenvalue weighted by molar-refractivity contribution is 5.80. The molecule has 2 rings (SSSR count). The van der Waals surface area contributed by atoms with E-state index in [1.54, 1.807) is 20.4 Å². The van der Waals surface area contributed by atoms with Gasteiger partial charge in [0.05, 0.1) is 12.6 Å². The van der Waals surface area contributed by atoms with E-state index in [-0.39, 0.29) is 5.41 Å². The number of hydrogen-bond donors (Lipinski definition) is 2. The molecule has 1 aromatic rings. The van der Waals surface area contributed by atoms with Crippen LogP contribution in [-0.2, 0) is 11.3 Å². The topological polar surface area (TPSA) is 63.5 Å². The first-order valence-electron chi connectivity index (χ1n) is 7.05. The summed E-state index contributed by atoms with van der Waals surface area (Å²) >= 11 is 0. The van der Waals surface area contributed by atoms with Crippen LogP contribution in [0.3, 0.4) is 0 Å². The van der Waals surface area contributed by atoms with Crippen molar-refractivity contribution in [2.75, 3.05) is 20.7 Å². The van der Waals surface area contributed by atoms with Crippen LogP contribution < -0.4 is 10.6 Å². The van der Waals surface area contributed by atoms with E-state index in [4.69, 9.17) is 4.74 Å². The van der Waals surface area contributed by atoms with E-state index in [2.05, 4.69) is 34.6 Å². The second-order valence-electron chi connectivity index (χ2n) is 5.75. The zero-order valence-electron chi connectivity index (χ0n) is 12.8. The van der Waals surface area contributed by atoms with Crippen LogP contribution in [0.25, 0.3) is 0 Å². The first-order chi connectivity index (χ1) is 9.57. The van der Waals surface area contributed by atoms with Crippen LogP contribution in [0.2, 0.25) is 0 Å². The van der Waals surface area contributed by atoms with Crippen molar-refractivity contribution in [1.82, 2.24) is 20.4 Å². The standard InChI is InChI=1S/C14H25N5O/c1-14(2)11(10-12(14)20-4)18-13(15-3)16-7-9-19-8-5-6-17-19/h5-6,8,11-12H,7,9-10H2,1-4H3,(H2,15,16,18). The number of nitrogens with one attached hydrogen (secondary N) is 2. The van der Waals surface area contributed by atoms with E-state index in [0.29, 0.717) is 12.1 Å². The Morgan fingerprint density at radius 1 is 1.55 bits per heavy atom. The van der Waals surface area contributed by atoms with Gasteiger partial charge in [0.2, 0.25) is 0 Å². The lowest BCUT2D eigenvalue weighted by Gasteiger charge is -2.51. The molecule has 6 nitrogen and oxygen atoms in total. The first kappa shape index (κ1) is 14.8. The minimum absolute atomic E-state index is 0.133. The maximum atomic E-state index is 5.47.